The lowest BCUT2D eigenvalue weighted by Gasteiger charge is -2.29. The molecule has 0 unspecified atom stereocenters. The van der Waals surface area contributed by atoms with Gasteiger partial charge in [-0.1, -0.05) is 26.0 Å². The fourth-order valence-corrected chi connectivity index (χ4v) is 2.73. The first-order valence-electron chi connectivity index (χ1n) is 8.11. The van der Waals surface area contributed by atoms with Crippen molar-refractivity contribution in [2.75, 3.05) is 20.1 Å². The van der Waals surface area contributed by atoms with Crippen molar-refractivity contribution in [3.05, 3.63) is 35.4 Å². The van der Waals surface area contributed by atoms with E-state index in [1.165, 1.54) is 4.90 Å². The van der Waals surface area contributed by atoms with Crippen LogP contribution in [0.25, 0.3) is 0 Å². The normalized spacial score (nSPS) is 14.5. The van der Waals surface area contributed by atoms with Crippen LogP contribution in [0.1, 0.15) is 42.6 Å². The number of nitrogens with zero attached hydrogens (tertiary/aromatic N) is 2. The summed E-state index contributed by atoms with van der Waals surface area (Å²) in [5.41, 5.74) is 6.99. The Morgan fingerprint density at radius 1 is 1.16 bits per heavy atom. The van der Waals surface area contributed by atoms with Gasteiger partial charge in [-0.05, 0) is 29.7 Å². The quantitative estimate of drug-likeness (QED) is 0.777. The van der Waals surface area contributed by atoms with E-state index >= 15 is 0 Å². The monoisotopic (exact) mass is 367 g/mol. The SMILES string of the molecule is CN(CC(C)(C)CN)C(=O)c1ccc(CN2C(=O)CCC2=O)cc1.Cl. The van der Waals surface area contributed by atoms with Gasteiger partial charge in [-0.2, -0.15) is 0 Å². The number of hydrogen-bond donors (Lipinski definition) is 1. The molecule has 0 spiro atoms. The fraction of sp³-hybridized carbons (Fsp3) is 0.500. The lowest BCUT2D eigenvalue weighted by molar-refractivity contribution is -0.139. The number of carbonyl (C=O) groups is 3. The molecule has 0 atom stereocenters. The molecule has 1 aliphatic heterocycles. The zero-order valence-electron chi connectivity index (χ0n) is 14.9. The van der Waals surface area contributed by atoms with Gasteiger partial charge in [0.25, 0.3) is 5.91 Å². The zero-order chi connectivity index (χ0) is 17.9. The summed E-state index contributed by atoms with van der Waals surface area (Å²) in [5, 5.41) is 0. The number of amides is 3. The van der Waals surface area contributed by atoms with E-state index in [2.05, 4.69) is 0 Å². The third-order valence-corrected chi connectivity index (χ3v) is 4.26. The lowest BCUT2D eigenvalue weighted by Crippen LogP contribution is -2.39. The number of carbonyl (C=O) groups excluding carboxylic acids is 3. The average Bonchev–Trinajstić information content (AvgIpc) is 2.86. The van der Waals surface area contributed by atoms with Crippen LogP contribution in [-0.2, 0) is 16.1 Å². The summed E-state index contributed by atoms with van der Waals surface area (Å²) in [6, 6.07) is 7.03. The maximum absolute atomic E-state index is 12.5. The van der Waals surface area contributed by atoms with Crippen molar-refractivity contribution >= 4 is 30.1 Å². The van der Waals surface area contributed by atoms with E-state index in [1.807, 2.05) is 13.8 Å². The Hall–Kier alpha value is -1.92. The van der Waals surface area contributed by atoms with Crippen LogP contribution < -0.4 is 5.73 Å². The van der Waals surface area contributed by atoms with Crippen LogP contribution in [0.15, 0.2) is 24.3 Å². The first-order chi connectivity index (χ1) is 11.2. The number of hydrogen-bond acceptors (Lipinski definition) is 4. The number of rotatable bonds is 6. The van der Waals surface area contributed by atoms with Crippen LogP contribution in [0.4, 0.5) is 0 Å². The van der Waals surface area contributed by atoms with Gasteiger partial charge in [-0.3, -0.25) is 19.3 Å². The highest BCUT2D eigenvalue weighted by Gasteiger charge is 2.28. The molecule has 1 aromatic rings. The highest BCUT2D eigenvalue weighted by Crippen LogP contribution is 2.18. The standard InChI is InChI=1S/C18H25N3O3.ClH/c1-18(2,11-19)12-20(3)17(24)14-6-4-13(5-7-14)10-21-15(22)8-9-16(21)23;/h4-7H,8-12,19H2,1-3H3;1H. The molecule has 0 bridgehead atoms. The molecule has 0 aromatic heterocycles. The molecule has 2 N–H and O–H groups in total. The summed E-state index contributed by atoms with van der Waals surface area (Å²) < 4.78 is 0. The molecule has 0 radical (unpaired) electrons. The van der Waals surface area contributed by atoms with Crippen molar-refractivity contribution in [1.29, 1.82) is 0 Å². The Morgan fingerprint density at radius 2 is 1.68 bits per heavy atom. The molecule has 2 rings (SSSR count). The summed E-state index contributed by atoms with van der Waals surface area (Å²) >= 11 is 0. The molecule has 7 heteroatoms. The Bertz CT molecular complexity index is 627. The van der Waals surface area contributed by atoms with Gasteiger partial charge in [0.15, 0.2) is 0 Å². The van der Waals surface area contributed by atoms with Gasteiger partial charge in [0.2, 0.25) is 11.8 Å². The topological polar surface area (TPSA) is 83.7 Å². The second-order valence-electron chi connectivity index (χ2n) is 7.10. The minimum absolute atomic E-state index is 0. The Kier molecular flexibility index (Phi) is 7.14. The fourth-order valence-electron chi connectivity index (χ4n) is 2.73. The molecule has 1 aromatic carbocycles. The molecule has 0 aliphatic carbocycles. The summed E-state index contributed by atoms with van der Waals surface area (Å²) in [7, 11) is 1.76. The number of halogens is 1. The van der Waals surface area contributed by atoms with E-state index in [0.29, 0.717) is 18.7 Å². The maximum atomic E-state index is 12.5. The molecule has 1 fully saturated rings. The van der Waals surface area contributed by atoms with Gasteiger partial charge in [0.1, 0.15) is 0 Å². The Balaban J connectivity index is 0.00000312. The molecule has 1 aliphatic rings. The van der Waals surface area contributed by atoms with Crippen molar-refractivity contribution in [2.45, 2.75) is 33.2 Å². The minimum Gasteiger partial charge on any atom is -0.341 e. The number of likely N-dealkylation sites (tertiary alicyclic amines) is 1. The van der Waals surface area contributed by atoms with E-state index in [0.717, 1.165) is 5.56 Å². The highest BCUT2D eigenvalue weighted by atomic mass is 35.5. The van der Waals surface area contributed by atoms with Crippen molar-refractivity contribution in [3.8, 4) is 0 Å². The molecule has 138 valence electrons. The first-order valence-corrected chi connectivity index (χ1v) is 8.11. The molecule has 25 heavy (non-hydrogen) atoms. The smallest absolute Gasteiger partial charge is 0.253 e. The predicted octanol–water partition coefficient (Wildman–Crippen LogP) is 1.81. The van der Waals surface area contributed by atoms with E-state index in [4.69, 9.17) is 5.73 Å². The first kappa shape index (κ1) is 21.1. The van der Waals surface area contributed by atoms with Crippen LogP contribution in [0.3, 0.4) is 0 Å². The Labute approximate surface area is 154 Å². The van der Waals surface area contributed by atoms with Gasteiger partial charge < -0.3 is 10.6 Å². The summed E-state index contributed by atoms with van der Waals surface area (Å²) in [6.07, 6.45) is 0.578. The largest absolute Gasteiger partial charge is 0.341 e. The van der Waals surface area contributed by atoms with Crippen LogP contribution in [0.5, 0.6) is 0 Å². The molecule has 3 amide bonds. The Morgan fingerprint density at radius 3 is 2.16 bits per heavy atom. The molecular formula is C18H26ClN3O3. The molecule has 6 nitrogen and oxygen atoms in total. The molecule has 0 saturated carbocycles. The molecular weight excluding hydrogens is 342 g/mol. The van der Waals surface area contributed by atoms with E-state index in [-0.39, 0.29) is 54.9 Å². The predicted molar refractivity (Wildman–Crippen MR) is 98.3 cm³/mol. The van der Waals surface area contributed by atoms with E-state index < -0.39 is 0 Å². The summed E-state index contributed by atoms with van der Waals surface area (Å²) in [5.74, 6) is -0.343. The number of nitrogens with two attached hydrogens (primary N) is 1. The van der Waals surface area contributed by atoms with Gasteiger partial charge in [0, 0.05) is 32.0 Å². The summed E-state index contributed by atoms with van der Waals surface area (Å²) in [6.45, 7) is 5.37. The lowest BCUT2D eigenvalue weighted by atomic mass is 9.93. The summed E-state index contributed by atoms with van der Waals surface area (Å²) in [4.78, 5) is 38.7. The van der Waals surface area contributed by atoms with Crippen molar-refractivity contribution < 1.29 is 14.4 Å². The minimum atomic E-state index is -0.138. The zero-order valence-corrected chi connectivity index (χ0v) is 15.8. The maximum Gasteiger partial charge on any atom is 0.253 e. The van der Waals surface area contributed by atoms with Crippen molar-refractivity contribution in [2.24, 2.45) is 11.1 Å². The van der Waals surface area contributed by atoms with E-state index in [1.54, 1.807) is 36.2 Å². The van der Waals surface area contributed by atoms with Crippen molar-refractivity contribution in [3.63, 3.8) is 0 Å². The van der Waals surface area contributed by atoms with Crippen molar-refractivity contribution in [1.82, 2.24) is 9.80 Å². The van der Waals surface area contributed by atoms with Gasteiger partial charge in [0.05, 0.1) is 6.54 Å². The van der Waals surface area contributed by atoms with Crippen LogP contribution in [0.2, 0.25) is 0 Å². The highest BCUT2D eigenvalue weighted by molar-refractivity contribution is 6.01. The van der Waals surface area contributed by atoms with Crippen LogP contribution >= 0.6 is 12.4 Å². The van der Waals surface area contributed by atoms with E-state index in [9.17, 15) is 14.4 Å². The molecule has 1 heterocycles. The van der Waals surface area contributed by atoms with Gasteiger partial charge in [-0.25, -0.2) is 0 Å². The van der Waals surface area contributed by atoms with Crippen LogP contribution in [-0.4, -0.2) is 47.7 Å². The third-order valence-electron chi connectivity index (χ3n) is 4.26. The van der Waals surface area contributed by atoms with Gasteiger partial charge in [-0.15, -0.1) is 12.4 Å². The second kappa shape index (κ2) is 8.45. The van der Waals surface area contributed by atoms with Gasteiger partial charge >= 0.3 is 0 Å². The number of imide groups is 1. The average molecular weight is 368 g/mol. The second-order valence-corrected chi connectivity index (χ2v) is 7.10. The third kappa shape index (κ3) is 5.28. The molecule has 1 saturated heterocycles. The number of benzene rings is 1. The van der Waals surface area contributed by atoms with Crippen LogP contribution in [0, 0.1) is 5.41 Å².